The van der Waals surface area contributed by atoms with Crippen LogP contribution in [-0.4, -0.2) is 14.7 Å². The van der Waals surface area contributed by atoms with Crippen molar-refractivity contribution in [3.05, 3.63) is 47.6 Å². The van der Waals surface area contributed by atoms with Gasteiger partial charge >= 0.3 is 0 Å². The Morgan fingerprint density at radius 2 is 2.17 bits per heavy atom. The predicted octanol–water partition coefficient (Wildman–Crippen LogP) is 3.12. The number of aryl methyl sites for hydroxylation is 1. The Balaban J connectivity index is 2.09. The second kappa shape index (κ2) is 4.46. The number of fused-ring (bicyclic) bond motifs is 1. The van der Waals surface area contributed by atoms with E-state index in [9.17, 15) is 0 Å². The van der Waals surface area contributed by atoms with Crippen LogP contribution in [0.3, 0.4) is 0 Å². The van der Waals surface area contributed by atoms with E-state index in [1.165, 1.54) is 0 Å². The quantitative estimate of drug-likeness (QED) is 0.681. The molecule has 18 heavy (non-hydrogen) atoms. The zero-order chi connectivity index (χ0) is 12.5. The molecule has 0 saturated heterocycles. The lowest BCUT2D eigenvalue weighted by atomic mass is 10.3. The molecular formula is C13H12ClN3O. The molecule has 0 saturated carbocycles. The lowest BCUT2D eigenvalue weighted by Crippen LogP contribution is -2.03. The summed E-state index contributed by atoms with van der Waals surface area (Å²) in [6, 6.07) is 9.90. The van der Waals surface area contributed by atoms with E-state index in [0.717, 1.165) is 28.3 Å². The molecule has 0 aliphatic rings. The molecule has 0 bridgehead atoms. The number of hydrogen-bond donors (Lipinski definition) is 0. The summed E-state index contributed by atoms with van der Waals surface area (Å²) in [6.07, 6.45) is 0. The van der Waals surface area contributed by atoms with E-state index in [0.29, 0.717) is 12.4 Å². The van der Waals surface area contributed by atoms with Gasteiger partial charge in [0.2, 0.25) is 0 Å². The summed E-state index contributed by atoms with van der Waals surface area (Å²) >= 11 is 5.95. The molecule has 92 valence electrons. The number of imidazole rings is 1. The molecule has 0 spiro atoms. The maximum atomic E-state index is 5.95. The highest BCUT2D eigenvalue weighted by Gasteiger charge is 2.11. The molecule has 0 fully saturated rings. The minimum Gasteiger partial charge on any atom is -0.361 e. The second-order valence-corrected chi connectivity index (χ2v) is 4.43. The number of hydrogen-bond acceptors (Lipinski definition) is 3. The monoisotopic (exact) mass is 261 g/mol. The topological polar surface area (TPSA) is 43.9 Å². The SMILES string of the molecule is Cc1cc(Cn2c(CCl)nc3ccccc32)no1. The third kappa shape index (κ3) is 1.88. The molecule has 0 atom stereocenters. The third-order valence-corrected chi connectivity index (χ3v) is 3.09. The van der Waals surface area contributed by atoms with Gasteiger partial charge in [0.05, 0.1) is 23.5 Å². The highest BCUT2D eigenvalue weighted by atomic mass is 35.5. The maximum Gasteiger partial charge on any atom is 0.133 e. The van der Waals surface area contributed by atoms with Crippen molar-refractivity contribution >= 4 is 22.6 Å². The van der Waals surface area contributed by atoms with Gasteiger partial charge in [-0.2, -0.15) is 0 Å². The molecule has 3 rings (SSSR count). The smallest absolute Gasteiger partial charge is 0.133 e. The zero-order valence-corrected chi connectivity index (χ0v) is 10.7. The van der Waals surface area contributed by atoms with E-state index < -0.39 is 0 Å². The second-order valence-electron chi connectivity index (χ2n) is 4.17. The Kier molecular flexibility index (Phi) is 2.80. The molecule has 0 aliphatic carbocycles. The Morgan fingerprint density at radius 1 is 1.33 bits per heavy atom. The number of benzene rings is 1. The molecule has 1 aromatic carbocycles. The third-order valence-electron chi connectivity index (χ3n) is 2.85. The molecule has 0 radical (unpaired) electrons. The molecule has 4 nitrogen and oxygen atoms in total. The van der Waals surface area contributed by atoms with Crippen molar-refractivity contribution < 1.29 is 4.52 Å². The number of para-hydroxylation sites is 2. The number of halogens is 1. The Labute approximate surface area is 109 Å². The van der Waals surface area contributed by atoms with Crippen LogP contribution in [0.4, 0.5) is 0 Å². The van der Waals surface area contributed by atoms with Crippen molar-refractivity contribution in [2.24, 2.45) is 0 Å². The molecular weight excluding hydrogens is 250 g/mol. The van der Waals surface area contributed by atoms with Gasteiger partial charge in [-0.25, -0.2) is 4.98 Å². The highest BCUT2D eigenvalue weighted by Crippen LogP contribution is 2.19. The largest absolute Gasteiger partial charge is 0.361 e. The van der Waals surface area contributed by atoms with Crippen molar-refractivity contribution in [3.63, 3.8) is 0 Å². The lowest BCUT2D eigenvalue weighted by Gasteiger charge is -2.04. The van der Waals surface area contributed by atoms with Crippen LogP contribution in [0.15, 0.2) is 34.9 Å². The normalized spacial score (nSPS) is 11.2. The fraction of sp³-hybridized carbons (Fsp3) is 0.231. The summed E-state index contributed by atoms with van der Waals surface area (Å²) in [4.78, 5) is 4.51. The molecule has 2 aromatic heterocycles. The van der Waals surface area contributed by atoms with E-state index in [1.54, 1.807) is 0 Å². The van der Waals surface area contributed by atoms with Crippen LogP contribution in [0.1, 0.15) is 17.3 Å². The Bertz CT molecular complexity index is 686. The van der Waals surface area contributed by atoms with Gasteiger partial charge in [0.15, 0.2) is 0 Å². The van der Waals surface area contributed by atoms with Gasteiger partial charge in [-0.1, -0.05) is 17.3 Å². The average Bonchev–Trinajstić information content (AvgIpc) is 2.94. The lowest BCUT2D eigenvalue weighted by molar-refractivity contribution is 0.389. The molecule has 3 aromatic rings. The Hall–Kier alpha value is -1.81. The first kappa shape index (κ1) is 11.3. The summed E-state index contributed by atoms with van der Waals surface area (Å²) < 4.78 is 7.15. The van der Waals surface area contributed by atoms with E-state index in [4.69, 9.17) is 16.1 Å². The van der Waals surface area contributed by atoms with Gasteiger partial charge in [-0.15, -0.1) is 11.6 Å². The van der Waals surface area contributed by atoms with Crippen molar-refractivity contribution in [2.45, 2.75) is 19.3 Å². The summed E-state index contributed by atoms with van der Waals surface area (Å²) in [7, 11) is 0. The van der Waals surface area contributed by atoms with Crippen LogP contribution in [-0.2, 0) is 12.4 Å². The van der Waals surface area contributed by atoms with Gasteiger partial charge < -0.3 is 9.09 Å². The fourth-order valence-electron chi connectivity index (χ4n) is 2.06. The van der Waals surface area contributed by atoms with Crippen LogP contribution >= 0.6 is 11.6 Å². The van der Waals surface area contributed by atoms with E-state index in [-0.39, 0.29) is 0 Å². The van der Waals surface area contributed by atoms with Crippen molar-refractivity contribution in [3.8, 4) is 0 Å². The summed E-state index contributed by atoms with van der Waals surface area (Å²) in [5.41, 5.74) is 2.89. The number of aromatic nitrogens is 3. The number of rotatable bonds is 3. The minimum atomic E-state index is 0.380. The first-order valence-electron chi connectivity index (χ1n) is 5.70. The molecule has 0 amide bonds. The molecule has 0 N–H and O–H groups in total. The first-order chi connectivity index (χ1) is 8.78. The zero-order valence-electron chi connectivity index (χ0n) is 9.93. The first-order valence-corrected chi connectivity index (χ1v) is 6.23. The average molecular weight is 262 g/mol. The van der Waals surface area contributed by atoms with E-state index in [2.05, 4.69) is 14.7 Å². The molecule has 0 aliphatic heterocycles. The van der Waals surface area contributed by atoms with Crippen molar-refractivity contribution in [1.82, 2.24) is 14.7 Å². The fourth-order valence-corrected chi connectivity index (χ4v) is 2.26. The summed E-state index contributed by atoms with van der Waals surface area (Å²) in [6.45, 7) is 2.50. The molecule has 2 heterocycles. The van der Waals surface area contributed by atoms with Gasteiger partial charge in [0, 0.05) is 6.07 Å². The van der Waals surface area contributed by atoms with Crippen LogP contribution in [0.25, 0.3) is 11.0 Å². The van der Waals surface area contributed by atoms with E-state index in [1.807, 2.05) is 37.3 Å². The van der Waals surface area contributed by atoms with Crippen LogP contribution in [0, 0.1) is 6.92 Å². The van der Waals surface area contributed by atoms with E-state index >= 15 is 0 Å². The summed E-state index contributed by atoms with van der Waals surface area (Å²) in [5, 5.41) is 4.01. The predicted molar refractivity (Wildman–Crippen MR) is 69.6 cm³/mol. The maximum absolute atomic E-state index is 5.95. The van der Waals surface area contributed by atoms with Crippen molar-refractivity contribution in [1.29, 1.82) is 0 Å². The van der Waals surface area contributed by atoms with Crippen molar-refractivity contribution in [2.75, 3.05) is 0 Å². The van der Waals surface area contributed by atoms with Gasteiger partial charge in [-0.3, -0.25) is 0 Å². The van der Waals surface area contributed by atoms with Gasteiger partial charge in [0.25, 0.3) is 0 Å². The number of nitrogens with zero attached hydrogens (tertiary/aromatic N) is 3. The van der Waals surface area contributed by atoms with Crippen LogP contribution in [0.5, 0.6) is 0 Å². The highest BCUT2D eigenvalue weighted by molar-refractivity contribution is 6.16. The standard InChI is InChI=1S/C13H12ClN3O/c1-9-6-10(16-18-9)8-17-12-5-3-2-4-11(12)15-13(17)7-14/h2-6H,7-8H2,1H3. The molecule has 5 heteroatoms. The Morgan fingerprint density at radius 3 is 2.89 bits per heavy atom. The van der Waals surface area contributed by atoms with Gasteiger partial charge in [0.1, 0.15) is 17.3 Å². The number of alkyl halides is 1. The molecule has 0 unspecified atom stereocenters. The van der Waals surface area contributed by atoms with Gasteiger partial charge in [-0.05, 0) is 19.1 Å². The van der Waals surface area contributed by atoms with Crippen LogP contribution in [0.2, 0.25) is 0 Å². The van der Waals surface area contributed by atoms with Crippen LogP contribution < -0.4 is 0 Å². The summed E-state index contributed by atoms with van der Waals surface area (Å²) in [5.74, 6) is 2.03. The minimum absolute atomic E-state index is 0.380.